The molecule has 6 rings (SSSR count). The Morgan fingerprint density at radius 2 is 1.81 bits per heavy atom. The Balaban J connectivity index is 1.31. The van der Waals surface area contributed by atoms with E-state index in [0.717, 1.165) is 66.7 Å². The van der Waals surface area contributed by atoms with Gasteiger partial charge in [-0.05, 0) is 56.5 Å². The first-order valence-electron chi connectivity index (χ1n) is 11.3. The van der Waals surface area contributed by atoms with Crippen LogP contribution < -0.4 is 4.90 Å². The van der Waals surface area contributed by atoms with E-state index in [9.17, 15) is 5.11 Å². The lowest BCUT2D eigenvalue weighted by Crippen LogP contribution is -2.51. The van der Waals surface area contributed by atoms with E-state index in [4.69, 9.17) is 16.3 Å². The highest BCUT2D eigenvalue weighted by Gasteiger charge is 2.31. The average molecular weight is 455 g/mol. The Morgan fingerprint density at radius 1 is 1.06 bits per heavy atom. The lowest BCUT2D eigenvalue weighted by Gasteiger charge is -2.41. The van der Waals surface area contributed by atoms with Crippen LogP contribution in [-0.2, 0) is 4.74 Å². The van der Waals surface area contributed by atoms with Gasteiger partial charge in [-0.3, -0.25) is 4.90 Å². The predicted molar refractivity (Wildman–Crippen MR) is 123 cm³/mol. The number of fused-ring (bicyclic) bond motifs is 1. The summed E-state index contributed by atoms with van der Waals surface area (Å²) in [6.07, 6.45) is 3.76. The minimum absolute atomic E-state index is 0.285. The molecule has 0 bridgehead atoms. The summed E-state index contributed by atoms with van der Waals surface area (Å²) in [4.78, 5) is 13.8. The normalized spacial score (nSPS) is 21.2. The van der Waals surface area contributed by atoms with Crippen molar-refractivity contribution in [3.8, 4) is 5.82 Å². The monoisotopic (exact) mass is 454 g/mol. The summed E-state index contributed by atoms with van der Waals surface area (Å²) in [5.74, 6) is 2.68. The summed E-state index contributed by atoms with van der Waals surface area (Å²) in [5, 5.41) is 16.1. The van der Waals surface area contributed by atoms with Crippen molar-refractivity contribution in [3.05, 3.63) is 40.8 Å². The molecule has 32 heavy (non-hydrogen) atoms. The number of hydrogen-bond acceptors (Lipinski definition) is 7. The van der Waals surface area contributed by atoms with Crippen LogP contribution in [0, 0.1) is 6.92 Å². The molecular formula is C23H27ClN6O2. The molecule has 5 heterocycles. The largest absolute Gasteiger partial charge is 0.389 e. The van der Waals surface area contributed by atoms with Gasteiger partial charge in [0.2, 0.25) is 0 Å². The predicted octanol–water partition coefficient (Wildman–Crippen LogP) is 2.54. The molecule has 0 unspecified atom stereocenters. The van der Waals surface area contributed by atoms with Gasteiger partial charge in [0.1, 0.15) is 11.6 Å². The van der Waals surface area contributed by atoms with Crippen LogP contribution in [0.1, 0.15) is 30.1 Å². The molecule has 0 saturated carbocycles. The lowest BCUT2D eigenvalue weighted by atomic mass is 9.88. The van der Waals surface area contributed by atoms with E-state index in [0.29, 0.717) is 30.9 Å². The van der Waals surface area contributed by atoms with E-state index in [-0.39, 0.29) is 6.10 Å². The fourth-order valence-electron chi connectivity index (χ4n) is 5.02. The number of rotatable bonds is 4. The number of piperidine rings is 1. The van der Waals surface area contributed by atoms with Crippen molar-refractivity contribution in [2.75, 3.05) is 44.3 Å². The Labute approximate surface area is 191 Å². The molecule has 0 spiro atoms. The molecule has 0 aliphatic carbocycles. The molecule has 3 saturated heterocycles. The molecule has 1 N–H and O–H groups in total. The van der Waals surface area contributed by atoms with Gasteiger partial charge in [-0.2, -0.15) is 5.10 Å². The number of hydrogen-bond donors (Lipinski definition) is 1. The molecular weight excluding hydrogens is 428 g/mol. The molecule has 9 heteroatoms. The minimum atomic E-state index is -0.285. The highest BCUT2D eigenvalue weighted by molar-refractivity contribution is 6.32. The van der Waals surface area contributed by atoms with E-state index in [1.54, 1.807) is 0 Å². The van der Waals surface area contributed by atoms with Gasteiger partial charge in [-0.1, -0.05) is 11.6 Å². The van der Waals surface area contributed by atoms with Crippen LogP contribution in [0.3, 0.4) is 0 Å². The maximum absolute atomic E-state index is 9.66. The number of nitrogens with zero attached hydrogens (tertiary/aromatic N) is 6. The zero-order valence-electron chi connectivity index (χ0n) is 18.1. The number of ether oxygens (including phenoxy) is 1. The third kappa shape index (κ3) is 3.55. The van der Waals surface area contributed by atoms with Gasteiger partial charge < -0.3 is 14.7 Å². The molecule has 0 atom stereocenters. The van der Waals surface area contributed by atoms with E-state index in [1.165, 1.54) is 5.56 Å². The molecule has 2 aromatic heterocycles. The SMILES string of the molecule is Cc1nc(N2CC(O)C2)cc(-n2ncc3cc(Cl)c(C4CCN(C5COC5)CC4)cc32)n1. The van der Waals surface area contributed by atoms with Crippen LogP contribution >= 0.6 is 11.6 Å². The fraction of sp³-hybridized carbons (Fsp3) is 0.522. The van der Waals surface area contributed by atoms with Gasteiger partial charge in [0.05, 0.1) is 37.1 Å². The molecule has 3 fully saturated rings. The van der Waals surface area contributed by atoms with Crippen molar-refractivity contribution < 1.29 is 9.84 Å². The van der Waals surface area contributed by atoms with Crippen LogP contribution in [0.25, 0.3) is 16.7 Å². The molecule has 3 aliphatic heterocycles. The van der Waals surface area contributed by atoms with E-state index in [2.05, 4.69) is 30.9 Å². The van der Waals surface area contributed by atoms with Crippen LogP contribution in [0.5, 0.6) is 0 Å². The number of anilines is 1. The molecule has 0 radical (unpaired) electrons. The lowest BCUT2D eigenvalue weighted by molar-refractivity contribution is -0.0712. The second-order valence-corrected chi connectivity index (χ2v) is 9.59. The number of aliphatic hydroxyl groups excluding tert-OH is 1. The average Bonchev–Trinajstić information content (AvgIpc) is 3.12. The van der Waals surface area contributed by atoms with Gasteiger partial charge in [-0.15, -0.1) is 0 Å². The number of likely N-dealkylation sites (tertiary alicyclic amines) is 1. The maximum Gasteiger partial charge on any atom is 0.159 e. The smallest absolute Gasteiger partial charge is 0.159 e. The second kappa shape index (κ2) is 7.95. The highest BCUT2D eigenvalue weighted by Crippen LogP contribution is 2.37. The van der Waals surface area contributed by atoms with Crippen molar-refractivity contribution in [1.29, 1.82) is 0 Å². The number of benzene rings is 1. The van der Waals surface area contributed by atoms with Crippen molar-refractivity contribution in [2.45, 2.75) is 37.8 Å². The summed E-state index contributed by atoms with van der Waals surface area (Å²) in [5.41, 5.74) is 2.20. The maximum atomic E-state index is 9.66. The third-order valence-electron chi connectivity index (χ3n) is 7.01. The van der Waals surface area contributed by atoms with Crippen LogP contribution in [0.2, 0.25) is 5.02 Å². The van der Waals surface area contributed by atoms with Crippen molar-refractivity contribution >= 4 is 28.3 Å². The summed E-state index contributed by atoms with van der Waals surface area (Å²) in [7, 11) is 0. The second-order valence-electron chi connectivity index (χ2n) is 9.18. The van der Waals surface area contributed by atoms with E-state index in [1.807, 2.05) is 29.9 Å². The quantitative estimate of drug-likeness (QED) is 0.648. The zero-order valence-corrected chi connectivity index (χ0v) is 18.9. The van der Waals surface area contributed by atoms with Gasteiger partial charge in [0.25, 0.3) is 0 Å². The van der Waals surface area contributed by atoms with E-state index >= 15 is 0 Å². The molecule has 168 valence electrons. The van der Waals surface area contributed by atoms with Gasteiger partial charge in [0, 0.05) is 29.6 Å². The minimum Gasteiger partial charge on any atom is -0.389 e. The summed E-state index contributed by atoms with van der Waals surface area (Å²) >= 11 is 6.73. The molecule has 0 amide bonds. The number of aryl methyl sites for hydroxylation is 1. The van der Waals surface area contributed by atoms with Crippen LogP contribution in [0.4, 0.5) is 5.82 Å². The van der Waals surface area contributed by atoms with Crippen molar-refractivity contribution in [1.82, 2.24) is 24.6 Å². The zero-order chi connectivity index (χ0) is 21.8. The summed E-state index contributed by atoms with van der Waals surface area (Å²) in [6, 6.07) is 6.77. The molecule has 8 nitrogen and oxygen atoms in total. The summed E-state index contributed by atoms with van der Waals surface area (Å²) in [6.45, 7) is 6.99. The molecule has 3 aliphatic rings. The highest BCUT2D eigenvalue weighted by atomic mass is 35.5. The molecule has 3 aromatic rings. The Kier molecular flexibility index (Phi) is 5.06. The first kappa shape index (κ1) is 20.4. The number of aromatic nitrogens is 4. The van der Waals surface area contributed by atoms with E-state index < -0.39 is 0 Å². The first-order valence-corrected chi connectivity index (χ1v) is 11.7. The third-order valence-corrected chi connectivity index (χ3v) is 7.33. The number of halogens is 1. The van der Waals surface area contributed by atoms with Gasteiger partial charge in [-0.25, -0.2) is 14.6 Å². The standard InChI is InChI=1S/C23H27ClN6O2/c1-14-26-22(29-10-18(31)11-29)8-23(27-14)30-21-7-19(20(24)6-16(21)9-25-30)15-2-4-28(5-3-15)17-12-32-13-17/h6-9,15,17-18,31H,2-5,10-13H2,1H3. The van der Waals surface area contributed by atoms with Crippen molar-refractivity contribution in [2.24, 2.45) is 0 Å². The Hall–Kier alpha value is -2.26. The topological polar surface area (TPSA) is 79.5 Å². The fourth-order valence-corrected chi connectivity index (χ4v) is 5.34. The van der Waals surface area contributed by atoms with Crippen LogP contribution in [-0.4, -0.2) is 81.3 Å². The number of aliphatic hydroxyl groups is 1. The molecule has 1 aromatic carbocycles. The van der Waals surface area contributed by atoms with Gasteiger partial charge in [0.15, 0.2) is 5.82 Å². The van der Waals surface area contributed by atoms with Gasteiger partial charge >= 0.3 is 0 Å². The van der Waals surface area contributed by atoms with Crippen molar-refractivity contribution in [3.63, 3.8) is 0 Å². The number of β-amino-alcohol motifs (C(OH)–C–C–N with tert-alkyl or cyclic N) is 1. The van der Waals surface area contributed by atoms with Crippen LogP contribution in [0.15, 0.2) is 24.4 Å². The Morgan fingerprint density at radius 3 is 2.50 bits per heavy atom. The summed E-state index contributed by atoms with van der Waals surface area (Å²) < 4.78 is 7.24. The Bertz CT molecular complexity index is 1150. The first-order chi connectivity index (χ1) is 15.5.